The minimum absolute atomic E-state index is 0.217. The quantitative estimate of drug-likeness (QED) is 0.474. The first kappa shape index (κ1) is 21.4. The summed E-state index contributed by atoms with van der Waals surface area (Å²) in [5.41, 5.74) is 2.65. The van der Waals surface area contributed by atoms with Crippen LogP contribution in [0.25, 0.3) is 11.0 Å². The average Bonchev–Trinajstić information content (AvgIpc) is 2.85. The number of rotatable bonds is 5. The third-order valence-electron chi connectivity index (χ3n) is 6.23. The van der Waals surface area contributed by atoms with Crippen LogP contribution in [0.1, 0.15) is 32.1 Å². The highest BCUT2D eigenvalue weighted by atomic mass is 16.2. The van der Waals surface area contributed by atoms with E-state index in [9.17, 15) is 4.79 Å². The molecule has 33 heavy (non-hydrogen) atoms. The fourth-order valence-electron chi connectivity index (χ4n) is 4.43. The van der Waals surface area contributed by atoms with Crippen molar-refractivity contribution < 1.29 is 4.79 Å². The Labute approximate surface area is 193 Å². The van der Waals surface area contributed by atoms with Crippen LogP contribution in [0.5, 0.6) is 0 Å². The van der Waals surface area contributed by atoms with E-state index < -0.39 is 0 Å². The minimum atomic E-state index is -0.217. The van der Waals surface area contributed by atoms with Crippen LogP contribution in [0, 0.1) is 0 Å². The second kappa shape index (κ2) is 9.99. The number of pyridine rings is 1. The highest BCUT2D eigenvalue weighted by molar-refractivity contribution is 5.90. The molecule has 9 heteroatoms. The standard InChI is InChI=1S/C24H30N8O/c33-24(28-18-4-2-1-3-5-18)30-21-11-6-17-16-26-23(31-22(17)29-21)27-19-7-9-20(10-8-19)32-14-12-25-13-15-32/h6-11,16,18,25H,1-5,12-15H2,(H3,26,27,28,29,30,31,33). The zero-order chi connectivity index (χ0) is 22.5. The Morgan fingerprint density at radius 3 is 2.55 bits per heavy atom. The van der Waals surface area contributed by atoms with E-state index >= 15 is 0 Å². The molecule has 2 aliphatic rings. The van der Waals surface area contributed by atoms with Gasteiger partial charge in [-0.05, 0) is 49.2 Å². The summed E-state index contributed by atoms with van der Waals surface area (Å²) in [5, 5.41) is 13.3. The molecular weight excluding hydrogens is 416 g/mol. The number of urea groups is 1. The molecular formula is C24H30N8O. The fourth-order valence-corrected chi connectivity index (χ4v) is 4.43. The van der Waals surface area contributed by atoms with Crippen molar-refractivity contribution in [3.8, 4) is 0 Å². The zero-order valence-electron chi connectivity index (χ0n) is 18.7. The predicted octanol–water partition coefficient (Wildman–Crippen LogP) is 3.63. The second-order valence-electron chi connectivity index (χ2n) is 8.65. The van der Waals surface area contributed by atoms with Gasteiger partial charge in [-0.15, -0.1) is 0 Å². The van der Waals surface area contributed by atoms with E-state index in [0.29, 0.717) is 17.4 Å². The highest BCUT2D eigenvalue weighted by Crippen LogP contribution is 2.22. The molecule has 0 bridgehead atoms. The molecule has 0 spiro atoms. The lowest BCUT2D eigenvalue weighted by Gasteiger charge is -2.29. The van der Waals surface area contributed by atoms with Gasteiger partial charge < -0.3 is 20.9 Å². The van der Waals surface area contributed by atoms with Gasteiger partial charge in [0.2, 0.25) is 5.95 Å². The summed E-state index contributed by atoms with van der Waals surface area (Å²) in [5.74, 6) is 0.939. The Kier molecular flexibility index (Phi) is 6.48. The number of hydrogen-bond acceptors (Lipinski definition) is 7. The Morgan fingerprint density at radius 2 is 1.76 bits per heavy atom. The van der Waals surface area contributed by atoms with Crippen LogP contribution < -0.4 is 26.2 Å². The summed E-state index contributed by atoms with van der Waals surface area (Å²) in [6, 6.07) is 12.0. The Balaban J connectivity index is 1.24. The third-order valence-corrected chi connectivity index (χ3v) is 6.23. The normalized spacial score (nSPS) is 17.0. The molecule has 2 fully saturated rings. The number of nitrogens with one attached hydrogen (secondary N) is 4. The fraction of sp³-hybridized carbons (Fsp3) is 0.417. The van der Waals surface area contributed by atoms with Crippen LogP contribution >= 0.6 is 0 Å². The molecule has 1 aliphatic heterocycles. The number of amides is 2. The van der Waals surface area contributed by atoms with E-state index in [4.69, 9.17) is 0 Å². The van der Waals surface area contributed by atoms with Gasteiger partial charge in [0.25, 0.3) is 0 Å². The van der Waals surface area contributed by atoms with Crippen LogP contribution in [0.15, 0.2) is 42.6 Å². The van der Waals surface area contributed by atoms with E-state index in [1.807, 2.05) is 18.2 Å². The lowest BCUT2D eigenvalue weighted by Crippen LogP contribution is -2.43. The van der Waals surface area contributed by atoms with Crippen LogP contribution in [-0.2, 0) is 0 Å². The van der Waals surface area contributed by atoms with E-state index in [1.54, 1.807) is 12.3 Å². The van der Waals surface area contributed by atoms with Crippen LogP contribution in [0.2, 0.25) is 0 Å². The molecule has 0 unspecified atom stereocenters. The molecule has 3 heterocycles. The van der Waals surface area contributed by atoms with Gasteiger partial charge in [-0.1, -0.05) is 19.3 Å². The van der Waals surface area contributed by atoms with Crippen molar-refractivity contribution in [2.75, 3.05) is 41.7 Å². The summed E-state index contributed by atoms with van der Waals surface area (Å²) in [7, 11) is 0. The lowest BCUT2D eigenvalue weighted by atomic mass is 9.96. The van der Waals surface area contributed by atoms with Gasteiger partial charge in [-0.3, -0.25) is 5.32 Å². The molecule has 172 valence electrons. The SMILES string of the molecule is O=C(Nc1ccc2cnc(Nc3ccc(N4CCNCC4)cc3)nc2n1)NC1CCCCC1. The lowest BCUT2D eigenvalue weighted by molar-refractivity contribution is 0.244. The van der Waals surface area contributed by atoms with Gasteiger partial charge in [0, 0.05) is 55.2 Å². The number of nitrogens with zero attached hydrogens (tertiary/aromatic N) is 4. The summed E-state index contributed by atoms with van der Waals surface area (Å²) >= 11 is 0. The molecule has 0 radical (unpaired) electrons. The first-order chi connectivity index (χ1) is 16.2. The molecule has 9 nitrogen and oxygen atoms in total. The van der Waals surface area contributed by atoms with Gasteiger partial charge in [0.1, 0.15) is 5.82 Å². The second-order valence-corrected chi connectivity index (χ2v) is 8.65. The summed E-state index contributed by atoms with van der Waals surface area (Å²) in [4.78, 5) is 28.2. The molecule has 1 saturated carbocycles. The van der Waals surface area contributed by atoms with Crippen molar-refractivity contribution in [3.63, 3.8) is 0 Å². The van der Waals surface area contributed by atoms with Crippen molar-refractivity contribution >= 4 is 40.2 Å². The average molecular weight is 447 g/mol. The van der Waals surface area contributed by atoms with E-state index in [2.05, 4.69) is 53.3 Å². The number of anilines is 4. The number of aromatic nitrogens is 3. The Bertz CT molecular complexity index is 1090. The number of piperazine rings is 1. The monoisotopic (exact) mass is 446 g/mol. The maximum Gasteiger partial charge on any atom is 0.320 e. The van der Waals surface area contributed by atoms with Crippen molar-refractivity contribution in [3.05, 3.63) is 42.6 Å². The predicted molar refractivity (Wildman–Crippen MR) is 131 cm³/mol. The molecule has 2 amide bonds. The smallest absolute Gasteiger partial charge is 0.320 e. The summed E-state index contributed by atoms with van der Waals surface area (Å²) < 4.78 is 0. The van der Waals surface area contributed by atoms with Gasteiger partial charge in [-0.25, -0.2) is 14.8 Å². The van der Waals surface area contributed by atoms with Crippen molar-refractivity contribution in [1.29, 1.82) is 0 Å². The number of carbonyl (C=O) groups is 1. The van der Waals surface area contributed by atoms with Crippen molar-refractivity contribution in [1.82, 2.24) is 25.6 Å². The summed E-state index contributed by atoms with van der Waals surface area (Å²) in [6.45, 7) is 4.05. The summed E-state index contributed by atoms with van der Waals surface area (Å²) in [6.07, 6.45) is 7.41. The third kappa shape index (κ3) is 5.48. The number of carbonyl (C=O) groups excluding carboxylic acids is 1. The van der Waals surface area contributed by atoms with E-state index in [-0.39, 0.29) is 12.1 Å². The van der Waals surface area contributed by atoms with E-state index in [0.717, 1.165) is 50.1 Å². The molecule has 3 aromatic rings. The van der Waals surface area contributed by atoms with Crippen LogP contribution in [0.3, 0.4) is 0 Å². The van der Waals surface area contributed by atoms with Crippen molar-refractivity contribution in [2.24, 2.45) is 0 Å². The zero-order valence-corrected chi connectivity index (χ0v) is 18.7. The van der Waals surface area contributed by atoms with Gasteiger partial charge >= 0.3 is 6.03 Å². The van der Waals surface area contributed by atoms with Gasteiger partial charge in [-0.2, -0.15) is 4.98 Å². The van der Waals surface area contributed by atoms with Crippen LogP contribution in [0.4, 0.5) is 27.9 Å². The number of hydrogen-bond donors (Lipinski definition) is 4. The van der Waals surface area contributed by atoms with Gasteiger partial charge in [0.05, 0.1) is 0 Å². The Morgan fingerprint density at radius 1 is 0.970 bits per heavy atom. The number of benzene rings is 1. The first-order valence-electron chi connectivity index (χ1n) is 11.8. The molecule has 0 atom stereocenters. The van der Waals surface area contributed by atoms with E-state index in [1.165, 1.54) is 24.9 Å². The van der Waals surface area contributed by atoms with Gasteiger partial charge in [0.15, 0.2) is 5.65 Å². The Hall–Kier alpha value is -3.46. The maximum atomic E-state index is 12.4. The largest absolute Gasteiger partial charge is 0.369 e. The number of fused-ring (bicyclic) bond motifs is 1. The minimum Gasteiger partial charge on any atom is -0.369 e. The molecule has 4 N–H and O–H groups in total. The molecule has 1 saturated heterocycles. The molecule has 1 aromatic carbocycles. The van der Waals surface area contributed by atoms with Crippen LogP contribution in [-0.4, -0.2) is 53.2 Å². The first-order valence-corrected chi connectivity index (χ1v) is 11.8. The molecule has 1 aliphatic carbocycles. The highest BCUT2D eigenvalue weighted by Gasteiger charge is 2.16. The molecule has 5 rings (SSSR count). The molecule has 2 aromatic heterocycles. The maximum absolute atomic E-state index is 12.4. The topological polar surface area (TPSA) is 107 Å². The van der Waals surface area contributed by atoms with Crippen molar-refractivity contribution in [2.45, 2.75) is 38.1 Å².